The van der Waals surface area contributed by atoms with E-state index in [4.69, 9.17) is 5.26 Å². The molecular formula is C7H12N2. The smallest absolute Gasteiger partial charge is 0.179 e. The Labute approximate surface area is 56.1 Å². The van der Waals surface area contributed by atoms with Crippen molar-refractivity contribution in [2.75, 3.05) is 6.54 Å². The monoisotopic (exact) mass is 124 g/mol. The zero-order valence-corrected chi connectivity index (χ0v) is 5.80. The highest BCUT2D eigenvalue weighted by Crippen LogP contribution is 2.20. The highest BCUT2D eigenvalue weighted by atomic mass is 15.3. The van der Waals surface area contributed by atoms with Crippen molar-refractivity contribution in [3.05, 3.63) is 0 Å². The zero-order chi connectivity index (χ0) is 6.69. The van der Waals surface area contributed by atoms with Gasteiger partial charge in [0, 0.05) is 6.54 Å². The average molecular weight is 124 g/mol. The van der Waals surface area contributed by atoms with E-state index in [9.17, 15) is 0 Å². The molecule has 0 bridgehead atoms. The number of hydrogen-bond acceptors (Lipinski definition) is 2. The normalized spacial score (nSPS) is 23.6. The average Bonchev–Trinajstić information content (AvgIpc) is 2.62. The van der Waals surface area contributed by atoms with Gasteiger partial charge in [-0.1, -0.05) is 19.8 Å². The van der Waals surface area contributed by atoms with Crippen LogP contribution in [0.3, 0.4) is 0 Å². The van der Waals surface area contributed by atoms with Crippen LogP contribution in [0.5, 0.6) is 0 Å². The second kappa shape index (κ2) is 2.72. The van der Waals surface area contributed by atoms with Crippen LogP contribution in [0.25, 0.3) is 0 Å². The summed E-state index contributed by atoms with van der Waals surface area (Å²) in [5.41, 5.74) is 0. The predicted molar refractivity (Wildman–Crippen MR) is 35.6 cm³/mol. The summed E-state index contributed by atoms with van der Waals surface area (Å²) in [6.45, 7) is 3.19. The third-order valence-electron chi connectivity index (χ3n) is 1.73. The molecule has 0 aliphatic carbocycles. The van der Waals surface area contributed by atoms with Crippen molar-refractivity contribution >= 4 is 0 Å². The molecule has 0 spiro atoms. The number of nitriles is 1. The van der Waals surface area contributed by atoms with E-state index in [1.54, 1.807) is 0 Å². The fourth-order valence-corrected chi connectivity index (χ4v) is 0.989. The lowest BCUT2D eigenvalue weighted by Crippen LogP contribution is -1.92. The number of hydrogen-bond donors (Lipinski definition) is 0. The first-order chi connectivity index (χ1) is 4.38. The molecule has 1 aliphatic rings. The van der Waals surface area contributed by atoms with Gasteiger partial charge in [0.15, 0.2) is 6.19 Å². The van der Waals surface area contributed by atoms with Gasteiger partial charge in [0.2, 0.25) is 0 Å². The molecule has 9 heavy (non-hydrogen) atoms. The van der Waals surface area contributed by atoms with Crippen molar-refractivity contribution in [3.8, 4) is 6.19 Å². The lowest BCUT2D eigenvalue weighted by atomic mass is 10.2. The molecule has 0 saturated carbocycles. The van der Waals surface area contributed by atoms with Gasteiger partial charge in [-0.3, -0.25) is 0 Å². The number of rotatable bonds is 3. The molecule has 0 aromatic rings. The van der Waals surface area contributed by atoms with E-state index in [0.29, 0.717) is 6.04 Å². The predicted octanol–water partition coefficient (Wildman–Crippen LogP) is 1.34. The molecule has 1 unspecified atom stereocenters. The van der Waals surface area contributed by atoms with Crippen molar-refractivity contribution in [3.63, 3.8) is 0 Å². The number of nitrogens with zero attached hydrogens (tertiary/aromatic N) is 2. The highest BCUT2D eigenvalue weighted by molar-refractivity contribution is 4.97. The summed E-state index contributed by atoms with van der Waals surface area (Å²) in [5.74, 6) is 0. The maximum absolute atomic E-state index is 8.35. The summed E-state index contributed by atoms with van der Waals surface area (Å²) in [6.07, 6.45) is 5.86. The van der Waals surface area contributed by atoms with Crippen LogP contribution in [-0.4, -0.2) is 17.5 Å². The molecule has 0 aromatic heterocycles. The maximum atomic E-state index is 8.35. The second-order valence-corrected chi connectivity index (χ2v) is 2.55. The first-order valence-corrected chi connectivity index (χ1v) is 3.55. The van der Waals surface area contributed by atoms with E-state index < -0.39 is 0 Å². The third kappa shape index (κ3) is 1.60. The van der Waals surface area contributed by atoms with Crippen LogP contribution < -0.4 is 0 Å². The van der Waals surface area contributed by atoms with Crippen LogP contribution in [0.1, 0.15) is 26.2 Å². The summed E-state index contributed by atoms with van der Waals surface area (Å²) < 4.78 is 0. The minimum atomic E-state index is 0.606. The van der Waals surface area contributed by atoms with E-state index in [1.807, 2.05) is 4.90 Å². The Morgan fingerprint density at radius 2 is 2.56 bits per heavy atom. The SMILES string of the molecule is CCCCC1CN1C#N. The summed E-state index contributed by atoms with van der Waals surface area (Å²) >= 11 is 0. The van der Waals surface area contributed by atoms with Crippen LogP contribution in [0.15, 0.2) is 0 Å². The van der Waals surface area contributed by atoms with Gasteiger partial charge in [0.25, 0.3) is 0 Å². The highest BCUT2D eigenvalue weighted by Gasteiger charge is 2.31. The van der Waals surface area contributed by atoms with Gasteiger partial charge in [-0.15, -0.1) is 0 Å². The Balaban J connectivity index is 2.00. The Hall–Kier alpha value is -0.710. The van der Waals surface area contributed by atoms with E-state index in [-0.39, 0.29) is 0 Å². The van der Waals surface area contributed by atoms with Gasteiger partial charge in [0.1, 0.15) is 0 Å². The molecule has 1 saturated heterocycles. The molecule has 1 rings (SSSR count). The Bertz CT molecular complexity index is 125. The zero-order valence-electron chi connectivity index (χ0n) is 5.80. The minimum absolute atomic E-state index is 0.606. The molecule has 1 atom stereocenters. The fraction of sp³-hybridized carbons (Fsp3) is 0.857. The largest absolute Gasteiger partial charge is 0.304 e. The van der Waals surface area contributed by atoms with Gasteiger partial charge in [0.05, 0.1) is 6.04 Å². The van der Waals surface area contributed by atoms with E-state index in [1.165, 1.54) is 19.3 Å². The molecule has 1 aliphatic heterocycles. The van der Waals surface area contributed by atoms with Crippen LogP contribution in [-0.2, 0) is 0 Å². The molecule has 50 valence electrons. The summed E-state index contributed by atoms with van der Waals surface area (Å²) in [7, 11) is 0. The van der Waals surface area contributed by atoms with Crippen molar-refractivity contribution < 1.29 is 0 Å². The number of unbranched alkanes of at least 4 members (excludes halogenated alkanes) is 1. The third-order valence-corrected chi connectivity index (χ3v) is 1.73. The molecular weight excluding hydrogens is 112 g/mol. The van der Waals surface area contributed by atoms with Crippen molar-refractivity contribution in [2.24, 2.45) is 0 Å². The molecule has 2 nitrogen and oxygen atoms in total. The van der Waals surface area contributed by atoms with E-state index in [2.05, 4.69) is 13.1 Å². The van der Waals surface area contributed by atoms with Gasteiger partial charge >= 0.3 is 0 Å². The first kappa shape index (κ1) is 6.41. The fourth-order valence-electron chi connectivity index (χ4n) is 0.989. The second-order valence-electron chi connectivity index (χ2n) is 2.55. The van der Waals surface area contributed by atoms with Crippen LogP contribution >= 0.6 is 0 Å². The quantitative estimate of drug-likeness (QED) is 0.419. The molecule has 1 heterocycles. The maximum Gasteiger partial charge on any atom is 0.179 e. The molecule has 0 amide bonds. The molecule has 0 N–H and O–H groups in total. The van der Waals surface area contributed by atoms with Crippen LogP contribution in [0.4, 0.5) is 0 Å². The standard InChI is InChI=1S/C7H12N2/c1-2-3-4-7-5-9(7)6-8/h7H,2-5H2,1H3. The van der Waals surface area contributed by atoms with Crippen LogP contribution in [0.2, 0.25) is 0 Å². The van der Waals surface area contributed by atoms with E-state index in [0.717, 1.165) is 6.54 Å². The minimum Gasteiger partial charge on any atom is -0.304 e. The topological polar surface area (TPSA) is 26.8 Å². The van der Waals surface area contributed by atoms with E-state index >= 15 is 0 Å². The lowest BCUT2D eigenvalue weighted by molar-refractivity contribution is 0.614. The molecule has 0 radical (unpaired) electrons. The van der Waals surface area contributed by atoms with Gasteiger partial charge in [-0.2, -0.15) is 5.26 Å². The first-order valence-electron chi connectivity index (χ1n) is 3.55. The molecule has 2 heteroatoms. The van der Waals surface area contributed by atoms with Crippen molar-refractivity contribution in [1.82, 2.24) is 4.90 Å². The lowest BCUT2D eigenvalue weighted by Gasteiger charge is -1.91. The summed E-state index contributed by atoms with van der Waals surface area (Å²) in [4.78, 5) is 1.83. The van der Waals surface area contributed by atoms with Crippen molar-refractivity contribution in [1.29, 1.82) is 5.26 Å². The van der Waals surface area contributed by atoms with Gasteiger partial charge in [-0.25, -0.2) is 0 Å². The van der Waals surface area contributed by atoms with Crippen LogP contribution in [0, 0.1) is 11.5 Å². The molecule has 1 fully saturated rings. The molecule has 0 aromatic carbocycles. The van der Waals surface area contributed by atoms with Gasteiger partial charge in [-0.05, 0) is 6.42 Å². The Morgan fingerprint density at radius 1 is 1.78 bits per heavy atom. The Morgan fingerprint density at radius 3 is 3.00 bits per heavy atom. The summed E-state index contributed by atoms with van der Waals surface area (Å²) in [6, 6.07) is 0.606. The Kier molecular flexibility index (Phi) is 1.94. The van der Waals surface area contributed by atoms with Gasteiger partial charge < -0.3 is 4.90 Å². The summed E-state index contributed by atoms with van der Waals surface area (Å²) in [5, 5.41) is 8.35. The van der Waals surface area contributed by atoms with Crippen molar-refractivity contribution in [2.45, 2.75) is 32.2 Å².